The molecule has 3 nitrogen and oxygen atoms in total. The maximum atomic E-state index is 12.3. The molecule has 0 radical (unpaired) electrons. The van der Waals surface area contributed by atoms with Crippen LogP contribution in [0.4, 0.5) is 0 Å². The van der Waals surface area contributed by atoms with Gasteiger partial charge >= 0.3 is 0 Å². The number of aryl methyl sites for hydroxylation is 1. The molecule has 3 rings (SSSR count). The molecule has 0 aliphatic carbocycles. The molecule has 2 heterocycles. The number of hydrogen-bond donors (Lipinski definition) is 0. The lowest BCUT2D eigenvalue weighted by Gasteiger charge is -2.30. The fraction of sp³-hybridized carbons (Fsp3) is 0.611. The van der Waals surface area contributed by atoms with Crippen molar-refractivity contribution in [2.24, 2.45) is 5.92 Å². The number of hydrogen-bond acceptors (Lipinski definition) is 3. The van der Waals surface area contributed by atoms with Crippen LogP contribution in [-0.2, 0) is 20.9 Å². The van der Waals surface area contributed by atoms with Crippen molar-refractivity contribution in [2.45, 2.75) is 64.4 Å². The normalized spacial score (nSPS) is 34.9. The number of rotatable bonds is 4. The molecule has 0 spiro atoms. The van der Waals surface area contributed by atoms with E-state index in [0.717, 1.165) is 0 Å². The first kappa shape index (κ1) is 14.7. The largest absolute Gasteiger partial charge is 0.370 e. The Morgan fingerprint density at radius 2 is 2.19 bits per heavy atom. The molecular formula is C18H24O3. The molecule has 0 aromatic heterocycles. The summed E-state index contributed by atoms with van der Waals surface area (Å²) in [5.74, 6) is 0.440. The van der Waals surface area contributed by atoms with E-state index in [1.54, 1.807) is 0 Å². The van der Waals surface area contributed by atoms with Crippen molar-refractivity contribution in [1.29, 1.82) is 0 Å². The molecule has 0 N–H and O–H groups in total. The molecule has 2 aliphatic rings. The van der Waals surface area contributed by atoms with E-state index >= 15 is 0 Å². The Kier molecular flexibility index (Phi) is 3.45. The number of carbonyl (C=O) groups excluding carboxylic acids is 1. The Hall–Kier alpha value is -1.19. The van der Waals surface area contributed by atoms with Crippen molar-refractivity contribution in [3.05, 3.63) is 35.4 Å². The Bertz CT molecular complexity index is 565. The number of benzene rings is 1. The average Bonchev–Trinajstić information content (AvgIpc) is 2.84. The third kappa shape index (κ3) is 2.33. The molecule has 114 valence electrons. The van der Waals surface area contributed by atoms with Gasteiger partial charge < -0.3 is 9.47 Å². The average molecular weight is 288 g/mol. The summed E-state index contributed by atoms with van der Waals surface area (Å²) in [7, 11) is 0. The predicted molar refractivity (Wildman–Crippen MR) is 81.1 cm³/mol. The highest BCUT2D eigenvalue weighted by atomic mass is 16.6. The zero-order chi connectivity index (χ0) is 15.3. The van der Waals surface area contributed by atoms with Gasteiger partial charge in [0.25, 0.3) is 0 Å². The second-order valence-electron chi connectivity index (χ2n) is 7.05. The van der Waals surface area contributed by atoms with Crippen LogP contribution in [0, 0.1) is 12.8 Å². The van der Waals surface area contributed by atoms with Crippen LogP contribution in [0.2, 0.25) is 0 Å². The summed E-state index contributed by atoms with van der Waals surface area (Å²) >= 11 is 0. The van der Waals surface area contributed by atoms with Gasteiger partial charge in [0.15, 0.2) is 5.78 Å². The van der Waals surface area contributed by atoms with E-state index in [9.17, 15) is 4.79 Å². The Morgan fingerprint density at radius 3 is 2.81 bits per heavy atom. The molecule has 21 heavy (non-hydrogen) atoms. The van der Waals surface area contributed by atoms with Gasteiger partial charge in [0.2, 0.25) is 0 Å². The maximum Gasteiger partial charge on any atom is 0.167 e. The minimum Gasteiger partial charge on any atom is -0.370 e. The van der Waals surface area contributed by atoms with Crippen LogP contribution in [0.3, 0.4) is 0 Å². The summed E-state index contributed by atoms with van der Waals surface area (Å²) in [4.78, 5) is 12.3. The van der Waals surface area contributed by atoms with E-state index in [1.165, 1.54) is 11.1 Å². The maximum absolute atomic E-state index is 12.3. The highest BCUT2D eigenvalue weighted by Gasteiger charge is 2.65. The van der Waals surface area contributed by atoms with Gasteiger partial charge in [-0.2, -0.15) is 0 Å². The molecule has 2 aliphatic heterocycles. The molecule has 0 unspecified atom stereocenters. The monoisotopic (exact) mass is 288 g/mol. The van der Waals surface area contributed by atoms with E-state index in [-0.39, 0.29) is 17.8 Å². The van der Waals surface area contributed by atoms with E-state index < -0.39 is 11.2 Å². The summed E-state index contributed by atoms with van der Waals surface area (Å²) in [6.07, 6.45) is 1.16. The summed E-state index contributed by atoms with van der Waals surface area (Å²) in [6.45, 7) is 8.80. The topological polar surface area (TPSA) is 35.5 Å². The minimum atomic E-state index is -0.619. The molecular weight excluding hydrogens is 264 g/mol. The predicted octanol–water partition coefficient (Wildman–Crippen LogP) is 3.43. The van der Waals surface area contributed by atoms with Gasteiger partial charge in [-0.25, -0.2) is 0 Å². The van der Waals surface area contributed by atoms with Crippen molar-refractivity contribution in [2.75, 3.05) is 0 Å². The van der Waals surface area contributed by atoms with Gasteiger partial charge in [0.1, 0.15) is 5.60 Å². The molecule has 3 atom stereocenters. The van der Waals surface area contributed by atoms with Crippen LogP contribution in [0.25, 0.3) is 0 Å². The lowest BCUT2D eigenvalue weighted by molar-refractivity contribution is -0.136. The highest BCUT2D eigenvalue weighted by molar-refractivity contribution is 5.92. The lowest BCUT2D eigenvalue weighted by Crippen LogP contribution is -2.44. The van der Waals surface area contributed by atoms with Crippen LogP contribution >= 0.6 is 0 Å². The Balaban J connectivity index is 1.72. The van der Waals surface area contributed by atoms with Gasteiger partial charge in [0, 0.05) is 12.8 Å². The SMILES string of the molecule is Cc1cccc(CO[C@@H]2C[C@]3(C(C)C)O[C@@]2(C)CC3=O)c1. The van der Waals surface area contributed by atoms with Crippen LogP contribution in [0.1, 0.15) is 44.7 Å². The van der Waals surface area contributed by atoms with Crippen LogP contribution < -0.4 is 0 Å². The molecule has 2 bridgehead atoms. The van der Waals surface area contributed by atoms with Gasteiger partial charge in [-0.15, -0.1) is 0 Å². The molecule has 0 saturated carbocycles. The van der Waals surface area contributed by atoms with Crippen LogP contribution in [0.5, 0.6) is 0 Å². The summed E-state index contributed by atoms with van der Waals surface area (Å²) < 4.78 is 12.3. The van der Waals surface area contributed by atoms with E-state index in [1.807, 2.05) is 13.0 Å². The van der Waals surface area contributed by atoms with Crippen molar-refractivity contribution in [3.63, 3.8) is 0 Å². The first-order valence-electron chi connectivity index (χ1n) is 7.76. The zero-order valence-electron chi connectivity index (χ0n) is 13.3. The fourth-order valence-corrected chi connectivity index (χ4v) is 3.71. The van der Waals surface area contributed by atoms with Crippen molar-refractivity contribution in [1.82, 2.24) is 0 Å². The fourth-order valence-electron chi connectivity index (χ4n) is 3.71. The number of ketones is 1. The van der Waals surface area contributed by atoms with Gasteiger partial charge in [0.05, 0.1) is 18.3 Å². The lowest BCUT2D eigenvalue weighted by atomic mass is 9.74. The van der Waals surface area contributed by atoms with Crippen molar-refractivity contribution >= 4 is 5.78 Å². The molecule has 1 aromatic carbocycles. The van der Waals surface area contributed by atoms with Crippen LogP contribution in [-0.4, -0.2) is 23.1 Å². The number of fused-ring (bicyclic) bond motifs is 2. The van der Waals surface area contributed by atoms with E-state index in [4.69, 9.17) is 9.47 Å². The molecule has 0 amide bonds. The molecule has 2 fully saturated rings. The van der Waals surface area contributed by atoms with Crippen molar-refractivity contribution in [3.8, 4) is 0 Å². The first-order valence-corrected chi connectivity index (χ1v) is 7.76. The number of Topliss-reactive ketones (excluding diaryl/α,β-unsaturated/α-hetero) is 1. The smallest absolute Gasteiger partial charge is 0.167 e. The standard InChI is InChI=1S/C18H24O3/c1-12(2)18-10-16(17(4,21-18)9-15(18)19)20-11-14-7-5-6-13(3)8-14/h5-8,12,16H,9-11H2,1-4H3/t16-,17+,18-/m1/s1. The Morgan fingerprint density at radius 1 is 1.43 bits per heavy atom. The molecule has 1 aromatic rings. The van der Waals surface area contributed by atoms with E-state index in [0.29, 0.717) is 19.4 Å². The Labute approximate surface area is 126 Å². The highest BCUT2D eigenvalue weighted by Crippen LogP contribution is 2.53. The zero-order valence-corrected chi connectivity index (χ0v) is 13.3. The summed E-state index contributed by atoms with van der Waals surface area (Å²) in [5, 5.41) is 0. The van der Waals surface area contributed by atoms with Gasteiger partial charge in [-0.1, -0.05) is 43.7 Å². The third-order valence-electron chi connectivity index (χ3n) is 5.03. The molecule has 2 saturated heterocycles. The third-order valence-corrected chi connectivity index (χ3v) is 5.03. The number of ether oxygens (including phenoxy) is 2. The van der Waals surface area contributed by atoms with Crippen molar-refractivity contribution < 1.29 is 14.3 Å². The summed E-state index contributed by atoms with van der Waals surface area (Å²) in [6, 6.07) is 8.34. The van der Waals surface area contributed by atoms with E-state index in [2.05, 4.69) is 39.0 Å². The second-order valence-corrected chi connectivity index (χ2v) is 7.05. The van der Waals surface area contributed by atoms with Gasteiger partial charge in [-0.05, 0) is 25.3 Å². The molecule has 3 heteroatoms. The summed E-state index contributed by atoms with van der Waals surface area (Å²) in [5.41, 5.74) is 1.34. The van der Waals surface area contributed by atoms with Crippen LogP contribution in [0.15, 0.2) is 24.3 Å². The quantitative estimate of drug-likeness (QED) is 0.851. The minimum absolute atomic E-state index is 0.00175. The second kappa shape index (κ2) is 4.92. The number of carbonyl (C=O) groups is 1. The first-order chi connectivity index (χ1) is 9.86. The van der Waals surface area contributed by atoms with Gasteiger partial charge in [-0.3, -0.25) is 4.79 Å².